The van der Waals surface area contributed by atoms with Crippen LogP contribution >= 0.6 is 0 Å². The summed E-state index contributed by atoms with van der Waals surface area (Å²) in [6.07, 6.45) is 1.27. The topological polar surface area (TPSA) is 46.5 Å². The molecular weight excluding hydrogens is 180 g/mol. The van der Waals surface area contributed by atoms with Crippen molar-refractivity contribution in [2.45, 2.75) is 19.4 Å². The van der Waals surface area contributed by atoms with E-state index in [0.29, 0.717) is 12.2 Å². The molecule has 0 saturated carbocycles. The van der Waals surface area contributed by atoms with Gasteiger partial charge < -0.3 is 9.84 Å². The van der Waals surface area contributed by atoms with Crippen molar-refractivity contribution < 1.29 is 14.6 Å². The summed E-state index contributed by atoms with van der Waals surface area (Å²) in [5, 5.41) is 9.21. The molecule has 1 aromatic carbocycles. The second-order valence-electron chi connectivity index (χ2n) is 3.35. The number of fused-ring (bicyclic) bond motifs is 1. The summed E-state index contributed by atoms with van der Waals surface area (Å²) in [6, 6.07) is 3.52. The van der Waals surface area contributed by atoms with Gasteiger partial charge in [-0.25, -0.2) is 0 Å². The molecule has 0 radical (unpaired) electrons. The number of benzene rings is 1. The van der Waals surface area contributed by atoms with Crippen LogP contribution in [0.25, 0.3) is 0 Å². The summed E-state index contributed by atoms with van der Waals surface area (Å²) in [5.74, 6) is 0.832. The monoisotopic (exact) mass is 192 g/mol. The molecule has 1 aliphatic rings. The largest absolute Gasteiger partial charge is 0.496 e. The van der Waals surface area contributed by atoms with Crippen molar-refractivity contribution in [1.82, 2.24) is 0 Å². The average molecular weight is 192 g/mol. The molecule has 0 aliphatic heterocycles. The minimum absolute atomic E-state index is 0.0698. The van der Waals surface area contributed by atoms with E-state index in [0.717, 1.165) is 23.1 Å². The Morgan fingerprint density at radius 3 is 2.86 bits per heavy atom. The van der Waals surface area contributed by atoms with Crippen LogP contribution in [0.3, 0.4) is 0 Å². The smallest absolute Gasteiger partial charge is 0.163 e. The number of methoxy groups -OCH3 is 1. The molecular formula is C11H12O3. The van der Waals surface area contributed by atoms with Crippen LogP contribution in [-0.2, 0) is 13.0 Å². The number of Topliss-reactive ketones (excluding diaryl/α,β-unsaturated/α-hetero) is 1. The number of ketones is 1. The Hall–Kier alpha value is -1.35. The lowest BCUT2D eigenvalue weighted by Gasteiger charge is -2.10. The van der Waals surface area contributed by atoms with Crippen LogP contribution in [0, 0.1) is 0 Å². The van der Waals surface area contributed by atoms with Gasteiger partial charge in [0.25, 0.3) is 0 Å². The first-order chi connectivity index (χ1) is 6.77. The van der Waals surface area contributed by atoms with E-state index in [1.807, 2.05) is 0 Å². The van der Waals surface area contributed by atoms with E-state index in [1.54, 1.807) is 19.2 Å². The first-order valence-electron chi connectivity index (χ1n) is 4.60. The minimum Gasteiger partial charge on any atom is -0.496 e. The van der Waals surface area contributed by atoms with Crippen LogP contribution in [0.1, 0.15) is 27.9 Å². The van der Waals surface area contributed by atoms with Crippen molar-refractivity contribution >= 4 is 5.78 Å². The molecule has 0 amide bonds. The number of ether oxygens (including phenoxy) is 1. The highest BCUT2D eigenvalue weighted by molar-refractivity contribution is 6.01. The fourth-order valence-electron chi connectivity index (χ4n) is 1.96. The Morgan fingerprint density at radius 1 is 1.43 bits per heavy atom. The van der Waals surface area contributed by atoms with Gasteiger partial charge >= 0.3 is 0 Å². The summed E-state index contributed by atoms with van der Waals surface area (Å²) in [5.41, 5.74) is 2.46. The van der Waals surface area contributed by atoms with E-state index in [9.17, 15) is 9.90 Å². The van der Waals surface area contributed by atoms with Crippen molar-refractivity contribution in [3.63, 3.8) is 0 Å². The van der Waals surface area contributed by atoms with E-state index in [2.05, 4.69) is 0 Å². The Balaban J connectivity index is 2.59. The van der Waals surface area contributed by atoms with Gasteiger partial charge in [0.2, 0.25) is 0 Å². The Kier molecular flexibility index (Phi) is 2.25. The normalized spacial score (nSPS) is 14.3. The number of carbonyl (C=O) groups is 1. The fourth-order valence-corrected chi connectivity index (χ4v) is 1.96. The number of aliphatic hydroxyl groups excluding tert-OH is 1. The Labute approximate surface area is 82.3 Å². The van der Waals surface area contributed by atoms with Crippen LogP contribution < -0.4 is 4.74 Å². The quantitative estimate of drug-likeness (QED) is 0.768. The zero-order chi connectivity index (χ0) is 10.1. The van der Waals surface area contributed by atoms with E-state index < -0.39 is 0 Å². The van der Waals surface area contributed by atoms with Crippen molar-refractivity contribution in [2.75, 3.05) is 7.11 Å². The van der Waals surface area contributed by atoms with Gasteiger partial charge in [0.1, 0.15) is 5.75 Å². The molecule has 0 aromatic heterocycles. The van der Waals surface area contributed by atoms with Crippen LogP contribution in [0.15, 0.2) is 12.1 Å². The van der Waals surface area contributed by atoms with Crippen molar-refractivity contribution in [2.24, 2.45) is 0 Å². The zero-order valence-electron chi connectivity index (χ0n) is 8.04. The molecule has 2 rings (SSSR count). The number of hydrogen-bond acceptors (Lipinski definition) is 3. The molecule has 74 valence electrons. The highest BCUT2D eigenvalue weighted by atomic mass is 16.5. The van der Waals surface area contributed by atoms with Gasteiger partial charge in [0, 0.05) is 17.5 Å². The van der Waals surface area contributed by atoms with Gasteiger partial charge in [0.15, 0.2) is 5.78 Å². The molecule has 0 fully saturated rings. The first-order valence-corrected chi connectivity index (χ1v) is 4.60. The average Bonchev–Trinajstić information content (AvgIpc) is 2.59. The van der Waals surface area contributed by atoms with E-state index in [4.69, 9.17) is 4.74 Å². The molecule has 0 spiro atoms. The van der Waals surface area contributed by atoms with Crippen molar-refractivity contribution in [1.29, 1.82) is 0 Å². The molecule has 1 N–H and O–H groups in total. The second-order valence-corrected chi connectivity index (χ2v) is 3.35. The predicted octanol–water partition coefficient (Wildman–Crippen LogP) is 1.32. The maximum Gasteiger partial charge on any atom is 0.163 e. The van der Waals surface area contributed by atoms with Crippen LogP contribution in [0.2, 0.25) is 0 Å². The van der Waals surface area contributed by atoms with Crippen molar-refractivity contribution in [3.8, 4) is 5.75 Å². The molecule has 0 atom stereocenters. The summed E-state index contributed by atoms with van der Waals surface area (Å²) >= 11 is 0. The Morgan fingerprint density at radius 2 is 2.21 bits per heavy atom. The molecule has 3 heteroatoms. The third-order valence-corrected chi connectivity index (χ3v) is 2.67. The number of hydrogen-bond donors (Lipinski definition) is 1. The van der Waals surface area contributed by atoms with E-state index >= 15 is 0 Å². The summed E-state index contributed by atoms with van der Waals surface area (Å²) in [6.45, 7) is -0.0698. The van der Waals surface area contributed by atoms with Crippen LogP contribution in [0.4, 0.5) is 0 Å². The van der Waals surface area contributed by atoms with Gasteiger partial charge in [-0.05, 0) is 24.1 Å². The molecule has 14 heavy (non-hydrogen) atoms. The molecule has 0 bridgehead atoms. The van der Waals surface area contributed by atoms with Gasteiger partial charge in [-0.1, -0.05) is 0 Å². The lowest BCUT2D eigenvalue weighted by molar-refractivity contribution is 0.0994. The standard InChI is InChI=1S/C11H12O3/c1-14-11-5-3-8-7(9(11)6-12)2-4-10(8)13/h3,5,12H,2,4,6H2,1H3. The number of carbonyl (C=O) groups excluding carboxylic acids is 1. The number of rotatable bonds is 2. The van der Waals surface area contributed by atoms with E-state index in [-0.39, 0.29) is 12.4 Å². The summed E-state index contributed by atoms with van der Waals surface area (Å²) < 4.78 is 5.13. The van der Waals surface area contributed by atoms with Gasteiger partial charge in [-0.2, -0.15) is 0 Å². The lowest BCUT2D eigenvalue weighted by atomic mass is 10.0. The third kappa shape index (κ3) is 1.21. The molecule has 1 aromatic rings. The van der Waals surface area contributed by atoms with Crippen LogP contribution in [0.5, 0.6) is 5.75 Å². The van der Waals surface area contributed by atoms with Crippen molar-refractivity contribution in [3.05, 3.63) is 28.8 Å². The maximum absolute atomic E-state index is 11.4. The Bertz CT molecular complexity index is 382. The van der Waals surface area contributed by atoms with E-state index in [1.165, 1.54) is 0 Å². The third-order valence-electron chi connectivity index (χ3n) is 2.67. The fraction of sp³-hybridized carbons (Fsp3) is 0.364. The second kappa shape index (κ2) is 3.42. The SMILES string of the molecule is COc1ccc2c(c1CO)CCC2=O. The van der Waals surface area contributed by atoms with Gasteiger partial charge in [0.05, 0.1) is 13.7 Å². The molecule has 0 heterocycles. The highest BCUT2D eigenvalue weighted by Gasteiger charge is 2.23. The van der Waals surface area contributed by atoms with Gasteiger partial charge in [-0.15, -0.1) is 0 Å². The predicted molar refractivity (Wildman–Crippen MR) is 51.6 cm³/mol. The highest BCUT2D eigenvalue weighted by Crippen LogP contribution is 2.31. The summed E-state index contributed by atoms with van der Waals surface area (Å²) in [7, 11) is 1.57. The summed E-state index contributed by atoms with van der Waals surface area (Å²) in [4.78, 5) is 11.4. The zero-order valence-corrected chi connectivity index (χ0v) is 8.04. The maximum atomic E-state index is 11.4. The lowest BCUT2D eigenvalue weighted by Crippen LogP contribution is -1.99. The molecule has 3 nitrogen and oxygen atoms in total. The van der Waals surface area contributed by atoms with Gasteiger partial charge in [-0.3, -0.25) is 4.79 Å². The molecule has 0 unspecified atom stereocenters. The molecule has 1 aliphatic carbocycles. The molecule has 0 saturated heterocycles. The minimum atomic E-state index is -0.0698. The first kappa shape index (κ1) is 9.21. The van der Waals surface area contributed by atoms with Crippen LogP contribution in [-0.4, -0.2) is 18.0 Å². The number of aliphatic hydroxyl groups is 1.